The molecule has 0 fully saturated rings. The fourth-order valence-electron chi connectivity index (χ4n) is 4.17. The van der Waals surface area contributed by atoms with Gasteiger partial charge in [-0.3, -0.25) is 9.79 Å². The topological polar surface area (TPSA) is 49.7 Å². The number of allylic oxidation sites excluding steroid dienone is 2. The number of benzene rings is 3. The third-order valence-electron chi connectivity index (χ3n) is 5.76. The first-order valence-electron chi connectivity index (χ1n) is 10.7. The van der Waals surface area contributed by atoms with Gasteiger partial charge in [0.2, 0.25) is 0 Å². The van der Waals surface area contributed by atoms with Crippen LogP contribution < -0.4 is 0 Å². The molecule has 152 valence electrons. The van der Waals surface area contributed by atoms with E-state index in [0.717, 1.165) is 34.9 Å². The molecule has 4 rings (SSSR count). The molecular formula is C27H27NO2. The van der Waals surface area contributed by atoms with E-state index < -0.39 is 0 Å². The van der Waals surface area contributed by atoms with Crippen molar-refractivity contribution in [3.63, 3.8) is 0 Å². The van der Waals surface area contributed by atoms with Gasteiger partial charge in [-0.2, -0.15) is 0 Å². The highest BCUT2D eigenvalue weighted by molar-refractivity contribution is 6.23. The first kappa shape index (κ1) is 20.1. The Bertz CT molecular complexity index is 1110. The Labute approximate surface area is 177 Å². The van der Waals surface area contributed by atoms with E-state index in [4.69, 9.17) is 4.99 Å². The summed E-state index contributed by atoms with van der Waals surface area (Å²) in [6, 6.07) is 24.2. The van der Waals surface area contributed by atoms with Crippen LogP contribution in [0.1, 0.15) is 50.5 Å². The average Bonchev–Trinajstić information content (AvgIpc) is 2.77. The van der Waals surface area contributed by atoms with Gasteiger partial charge >= 0.3 is 0 Å². The second-order valence-corrected chi connectivity index (χ2v) is 7.95. The Balaban J connectivity index is 1.70. The van der Waals surface area contributed by atoms with Gasteiger partial charge in [0, 0.05) is 12.8 Å². The van der Waals surface area contributed by atoms with Gasteiger partial charge < -0.3 is 5.11 Å². The van der Waals surface area contributed by atoms with Gasteiger partial charge in [0.15, 0.2) is 5.78 Å². The predicted octanol–water partition coefficient (Wildman–Crippen LogP) is 7.06. The zero-order chi connectivity index (χ0) is 20.9. The third-order valence-corrected chi connectivity index (χ3v) is 5.76. The lowest BCUT2D eigenvalue weighted by Crippen LogP contribution is -2.23. The van der Waals surface area contributed by atoms with Crippen LogP contribution in [-0.4, -0.2) is 16.6 Å². The minimum Gasteiger partial charge on any atom is -0.511 e. The molecule has 0 saturated heterocycles. The molecule has 0 heterocycles. The Morgan fingerprint density at radius 1 is 0.967 bits per heavy atom. The van der Waals surface area contributed by atoms with Gasteiger partial charge in [0.1, 0.15) is 5.76 Å². The number of ketones is 1. The number of carbonyl (C=O) groups is 1. The molecule has 0 radical (unpaired) electrons. The van der Waals surface area contributed by atoms with Crippen LogP contribution in [0.4, 0.5) is 5.69 Å². The largest absolute Gasteiger partial charge is 0.511 e. The summed E-state index contributed by atoms with van der Waals surface area (Å²) in [6.07, 6.45) is 3.51. The van der Waals surface area contributed by atoms with Crippen molar-refractivity contribution >= 4 is 28.0 Å². The maximum Gasteiger partial charge on any atom is 0.168 e. The molecule has 0 bridgehead atoms. The molecule has 3 nitrogen and oxygen atoms in total. The first-order chi connectivity index (χ1) is 14.7. The fraction of sp³-hybridized carbons (Fsp3) is 0.259. The van der Waals surface area contributed by atoms with Crippen LogP contribution in [0.2, 0.25) is 0 Å². The quantitative estimate of drug-likeness (QED) is 0.453. The molecule has 0 spiro atoms. The number of rotatable bonds is 6. The van der Waals surface area contributed by atoms with Crippen LogP contribution >= 0.6 is 0 Å². The standard InChI is InChI=1S/C27H27NO2/c1-2-3-13-24(28-23-15-14-20-11-7-8-12-21(20)16-23)27-25(29)17-22(18-26(27)30)19-9-5-4-6-10-19/h4-12,14-16,22,29H,2-3,13,17-18H2,1H3. The van der Waals surface area contributed by atoms with Gasteiger partial charge in [0.05, 0.1) is 17.0 Å². The van der Waals surface area contributed by atoms with E-state index in [9.17, 15) is 9.90 Å². The summed E-state index contributed by atoms with van der Waals surface area (Å²) in [5, 5.41) is 13.1. The number of Topliss-reactive ketones (excluding diaryl/α,β-unsaturated/α-hetero) is 1. The van der Waals surface area contributed by atoms with Gasteiger partial charge in [-0.15, -0.1) is 0 Å². The first-order valence-corrected chi connectivity index (χ1v) is 10.7. The molecule has 30 heavy (non-hydrogen) atoms. The summed E-state index contributed by atoms with van der Waals surface area (Å²) < 4.78 is 0. The van der Waals surface area contributed by atoms with Crippen LogP contribution in [0.15, 0.2) is 89.1 Å². The molecular weight excluding hydrogens is 370 g/mol. The SMILES string of the molecule is CCCCC(=Nc1ccc2ccccc2c1)C1=C(O)CC(c2ccccc2)CC1=O. The monoisotopic (exact) mass is 397 g/mol. The van der Waals surface area contributed by atoms with Gasteiger partial charge in [-0.1, -0.05) is 74.0 Å². The predicted molar refractivity (Wildman–Crippen MR) is 124 cm³/mol. The number of nitrogens with zero attached hydrogens (tertiary/aromatic N) is 1. The maximum atomic E-state index is 13.1. The molecule has 1 N–H and O–H groups in total. The van der Waals surface area contributed by atoms with Crippen LogP contribution in [0, 0.1) is 0 Å². The summed E-state index contributed by atoms with van der Waals surface area (Å²) >= 11 is 0. The number of fused-ring (bicyclic) bond motifs is 1. The van der Waals surface area contributed by atoms with Crippen molar-refractivity contribution in [3.8, 4) is 0 Å². The maximum absolute atomic E-state index is 13.1. The molecule has 3 aromatic carbocycles. The Kier molecular flexibility index (Phi) is 6.08. The smallest absolute Gasteiger partial charge is 0.168 e. The van der Waals surface area contributed by atoms with Crippen molar-refractivity contribution in [1.29, 1.82) is 0 Å². The Hall–Kier alpha value is -3.20. The van der Waals surface area contributed by atoms with Crippen molar-refractivity contribution < 1.29 is 9.90 Å². The van der Waals surface area contributed by atoms with E-state index in [-0.39, 0.29) is 17.5 Å². The van der Waals surface area contributed by atoms with Crippen LogP contribution in [0.3, 0.4) is 0 Å². The van der Waals surface area contributed by atoms with Gasteiger partial charge in [-0.25, -0.2) is 0 Å². The van der Waals surface area contributed by atoms with E-state index in [1.165, 1.54) is 0 Å². The Morgan fingerprint density at radius 2 is 1.70 bits per heavy atom. The van der Waals surface area contributed by atoms with Crippen molar-refractivity contribution in [3.05, 3.63) is 89.7 Å². The number of unbranched alkanes of at least 4 members (excludes halogenated alkanes) is 1. The fourth-order valence-corrected chi connectivity index (χ4v) is 4.17. The lowest BCUT2D eigenvalue weighted by Gasteiger charge is -2.24. The summed E-state index contributed by atoms with van der Waals surface area (Å²) in [5.41, 5.74) is 3.06. The number of aliphatic imine (C=N–C) groups is 1. The van der Waals surface area contributed by atoms with E-state index in [1.807, 2.05) is 60.7 Å². The van der Waals surface area contributed by atoms with Crippen LogP contribution in [0.5, 0.6) is 0 Å². The van der Waals surface area contributed by atoms with Gasteiger partial charge in [0.25, 0.3) is 0 Å². The van der Waals surface area contributed by atoms with Crippen LogP contribution in [0.25, 0.3) is 10.8 Å². The Morgan fingerprint density at radius 3 is 2.43 bits per heavy atom. The van der Waals surface area contributed by atoms with Gasteiger partial charge in [-0.05, 0) is 47.2 Å². The molecule has 1 aliphatic rings. The lowest BCUT2D eigenvalue weighted by molar-refractivity contribution is -0.116. The zero-order valence-electron chi connectivity index (χ0n) is 17.3. The molecule has 3 aromatic rings. The second kappa shape index (κ2) is 9.08. The minimum absolute atomic E-state index is 0.0109. The van der Waals surface area contributed by atoms with Crippen molar-refractivity contribution in [2.75, 3.05) is 0 Å². The highest BCUT2D eigenvalue weighted by atomic mass is 16.3. The molecule has 0 saturated carbocycles. The second-order valence-electron chi connectivity index (χ2n) is 7.95. The van der Waals surface area contributed by atoms with E-state index in [1.54, 1.807) is 0 Å². The summed E-state index contributed by atoms with van der Waals surface area (Å²) in [7, 11) is 0. The molecule has 0 amide bonds. The third kappa shape index (κ3) is 4.35. The van der Waals surface area contributed by atoms with Crippen molar-refractivity contribution in [1.82, 2.24) is 0 Å². The van der Waals surface area contributed by atoms with E-state index >= 15 is 0 Å². The molecule has 0 aliphatic heterocycles. The molecule has 0 aromatic heterocycles. The molecule has 1 atom stereocenters. The average molecular weight is 398 g/mol. The lowest BCUT2D eigenvalue weighted by atomic mass is 9.80. The van der Waals surface area contributed by atoms with Crippen molar-refractivity contribution in [2.45, 2.75) is 44.9 Å². The number of hydrogen-bond donors (Lipinski definition) is 1. The summed E-state index contributed by atoms with van der Waals surface area (Å²) in [4.78, 5) is 17.9. The number of hydrogen-bond acceptors (Lipinski definition) is 3. The number of aliphatic hydroxyl groups excluding tert-OH is 1. The van der Waals surface area contributed by atoms with Crippen molar-refractivity contribution in [2.24, 2.45) is 4.99 Å². The van der Waals surface area contributed by atoms with Crippen LogP contribution in [-0.2, 0) is 4.79 Å². The summed E-state index contributed by atoms with van der Waals surface area (Å²) in [6.45, 7) is 2.12. The highest BCUT2D eigenvalue weighted by Crippen LogP contribution is 2.35. The molecule has 1 aliphatic carbocycles. The number of carbonyl (C=O) groups excluding carboxylic acids is 1. The summed E-state index contributed by atoms with van der Waals surface area (Å²) in [5.74, 6) is 0.189. The molecule has 1 unspecified atom stereocenters. The number of aliphatic hydroxyl groups is 1. The minimum atomic E-state index is -0.0109. The normalized spacial score (nSPS) is 17.6. The van der Waals surface area contributed by atoms with E-state index in [0.29, 0.717) is 30.5 Å². The zero-order valence-corrected chi connectivity index (χ0v) is 17.3. The van der Waals surface area contributed by atoms with E-state index in [2.05, 4.69) is 19.1 Å². The molecule has 3 heteroatoms. The highest BCUT2D eigenvalue weighted by Gasteiger charge is 2.31.